The molecule has 2 aliphatic rings. The number of Topliss-reactive ketones (excluding diaryl/α,β-unsaturated/α-hetero) is 1. The lowest BCUT2D eigenvalue weighted by Crippen LogP contribution is -2.39. The first kappa shape index (κ1) is 29.1. The molecule has 5 N–H and O–H groups in total. The van der Waals surface area contributed by atoms with E-state index < -0.39 is 30.2 Å². The Kier molecular flexibility index (Phi) is 8.05. The number of aliphatic carboxylic acids is 1. The molecule has 0 bridgehead atoms. The van der Waals surface area contributed by atoms with Crippen molar-refractivity contribution in [3.63, 3.8) is 0 Å². The van der Waals surface area contributed by atoms with Crippen molar-refractivity contribution in [1.82, 2.24) is 15.5 Å². The van der Waals surface area contributed by atoms with Gasteiger partial charge in [-0.2, -0.15) is 18.3 Å². The number of hydrogen-bond acceptors (Lipinski definition) is 7. The van der Waals surface area contributed by atoms with Crippen molar-refractivity contribution < 1.29 is 50.6 Å². The summed E-state index contributed by atoms with van der Waals surface area (Å²) in [6.45, 7) is 0.759. The number of aromatic nitrogens is 2. The van der Waals surface area contributed by atoms with Crippen molar-refractivity contribution in [2.75, 3.05) is 23.7 Å². The lowest BCUT2D eigenvalue weighted by atomic mass is 9.79. The summed E-state index contributed by atoms with van der Waals surface area (Å²) >= 11 is 0. The van der Waals surface area contributed by atoms with E-state index >= 15 is 0 Å². The van der Waals surface area contributed by atoms with Crippen LogP contribution >= 0.6 is 0 Å². The Balaban J connectivity index is 0.000000493. The molecular weight excluding hydrogens is 564 g/mol. The molecule has 1 atom stereocenters. The van der Waals surface area contributed by atoms with Crippen molar-refractivity contribution >= 4 is 29.2 Å². The number of nitrogens with one attached hydrogen (secondary N) is 4. The average molecular weight is 583 g/mol. The molecule has 1 amide bonds. The predicted octanol–water partition coefficient (Wildman–Crippen LogP) is 4.18. The fourth-order valence-electron chi connectivity index (χ4n) is 4.17. The SMILES string of the molecule is O=C(O)C(F)(F)F.O=C1CNCC2=C1C(c1ccc(C(=O)Nc3cccc(OC(F)(F)F)c3)cc1)c1cn[nH]c1N2. The van der Waals surface area contributed by atoms with Crippen molar-refractivity contribution in [3.05, 3.63) is 82.7 Å². The zero-order valence-electron chi connectivity index (χ0n) is 20.5. The van der Waals surface area contributed by atoms with E-state index in [2.05, 4.69) is 30.9 Å². The van der Waals surface area contributed by atoms with Gasteiger partial charge in [0.25, 0.3) is 5.91 Å². The summed E-state index contributed by atoms with van der Waals surface area (Å²) in [5.74, 6) is -3.34. The first-order chi connectivity index (χ1) is 19.2. The number of carboxylic acids is 1. The van der Waals surface area contributed by atoms with Gasteiger partial charge in [0.2, 0.25) is 0 Å². The third kappa shape index (κ3) is 7.02. The molecule has 2 aliphatic heterocycles. The van der Waals surface area contributed by atoms with Gasteiger partial charge in [-0.25, -0.2) is 4.79 Å². The van der Waals surface area contributed by atoms with Crippen molar-refractivity contribution in [1.29, 1.82) is 0 Å². The maximum Gasteiger partial charge on any atom is 0.573 e. The maximum atomic E-state index is 12.7. The summed E-state index contributed by atoms with van der Waals surface area (Å²) < 4.78 is 73.0. The van der Waals surface area contributed by atoms with Crippen LogP contribution in [0.5, 0.6) is 5.75 Å². The number of alkyl halides is 6. The van der Waals surface area contributed by atoms with Crippen LogP contribution in [-0.2, 0) is 9.59 Å². The molecule has 3 aromatic rings. The number of hydrogen-bond donors (Lipinski definition) is 5. The molecule has 10 nitrogen and oxygen atoms in total. The maximum absolute atomic E-state index is 12.7. The molecule has 1 unspecified atom stereocenters. The minimum Gasteiger partial charge on any atom is -0.475 e. The lowest BCUT2D eigenvalue weighted by molar-refractivity contribution is -0.274. The topological polar surface area (TPSA) is 145 Å². The molecule has 0 radical (unpaired) electrons. The minimum atomic E-state index is -5.08. The van der Waals surface area contributed by atoms with Crippen molar-refractivity contribution in [2.45, 2.75) is 18.5 Å². The van der Waals surface area contributed by atoms with Gasteiger partial charge in [-0.05, 0) is 29.8 Å². The second-order valence-corrected chi connectivity index (χ2v) is 8.63. The van der Waals surface area contributed by atoms with E-state index in [0.29, 0.717) is 23.5 Å². The highest BCUT2D eigenvalue weighted by Gasteiger charge is 2.38. The number of halogens is 6. The first-order valence-corrected chi connectivity index (χ1v) is 11.6. The molecule has 41 heavy (non-hydrogen) atoms. The predicted molar refractivity (Wildman–Crippen MR) is 130 cm³/mol. The fourth-order valence-corrected chi connectivity index (χ4v) is 4.17. The summed E-state index contributed by atoms with van der Waals surface area (Å²) in [4.78, 5) is 34.3. The summed E-state index contributed by atoms with van der Waals surface area (Å²) in [5, 5.41) is 23.0. The second kappa shape index (κ2) is 11.3. The molecule has 16 heteroatoms. The highest BCUT2D eigenvalue weighted by atomic mass is 19.4. The Morgan fingerprint density at radius 1 is 1.02 bits per heavy atom. The molecule has 0 saturated heterocycles. The van der Waals surface area contributed by atoms with Gasteiger partial charge in [0.15, 0.2) is 5.78 Å². The smallest absolute Gasteiger partial charge is 0.475 e. The zero-order chi connectivity index (χ0) is 29.9. The van der Waals surface area contributed by atoms with Crippen LogP contribution in [0.3, 0.4) is 0 Å². The van der Waals surface area contributed by atoms with Crippen LogP contribution in [0.2, 0.25) is 0 Å². The van der Waals surface area contributed by atoms with E-state index in [9.17, 15) is 35.9 Å². The number of nitrogens with zero attached hydrogens (tertiary/aromatic N) is 1. The number of anilines is 2. The molecule has 2 aromatic carbocycles. The Morgan fingerprint density at radius 2 is 1.71 bits per heavy atom. The zero-order valence-corrected chi connectivity index (χ0v) is 20.5. The summed E-state index contributed by atoms with van der Waals surface area (Å²) in [6, 6.07) is 11.8. The van der Waals surface area contributed by atoms with Gasteiger partial charge < -0.3 is 25.8 Å². The van der Waals surface area contributed by atoms with Crippen molar-refractivity contribution in [2.24, 2.45) is 0 Å². The minimum absolute atomic E-state index is 0.0200. The van der Waals surface area contributed by atoms with E-state index in [4.69, 9.17) is 9.90 Å². The third-order valence-electron chi connectivity index (χ3n) is 5.83. The number of ketones is 1. The van der Waals surface area contributed by atoms with Crippen LogP contribution in [0, 0.1) is 0 Å². The standard InChI is InChI=1S/C23H18F3N5O3.C2HF3O2/c24-23(25,26)34-15-3-1-2-14(8-15)29-22(33)13-6-4-12(5-7-13)19-16-9-28-31-21(16)30-17-10-27-11-18(32)20(17)19;3-2(4,5)1(6)7/h1-9,19,27H,10-11H2,(H,29,33)(H2,28,30,31);(H,6,7). The van der Waals surface area contributed by atoms with Gasteiger partial charge in [-0.15, -0.1) is 13.2 Å². The summed E-state index contributed by atoms with van der Waals surface area (Å²) in [6.07, 6.45) is -8.24. The van der Waals surface area contributed by atoms with Gasteiger partial charge >= 0.3 is 18.5 Å². The molecule has 0 spiro atoms. The Labute approximate surface area is 226 Å². The Bertz CT molecular complexity index is 1500. The summed E-state index contributed by atoms with van der Waals surface area (Å²) in [7, 11) is 0. The third-order valence-corrected chi connectivity index (χ3v) is 5.83. The number of aromatic amines is 1. The number of ether oxygens (including phenoxy) is 1. The number of carbonyl (C=O) groups is 3. The van der Waals surface area contributed by atoms with Gasteiger partial charge in [0.05, 0.1) is 12.7 Å². The van der Waals surface area contributed by atoms with Gasteiger partial charge in [-0.3, -0.25) is 14.7 Å². The van der Waals surface area contributed by atoms with Crippen molar-refractivity contribution in [3.8, 4) is 5.75 Å². The van der Waals surface area contributed by atoms with Gasteiger partial charge in [0.1, 0.15) is 11.6 Å². The lowest BCUT2D eigenvalue weighted by Gasteiger charge is -2.32. The molecular formula is C25H19F6N5O5. The normalized spacial score (nSPS) is 16.4. The highest BCUT2D eigenvalue weighted by molar-refractivity contribution is 6.05. The molecule has 0 aliphatic carbocycles. The average Bonchev–Trinajstić information content (AvgIpc) is 3.35. The van der Waals surface area contributed by atoms with E-state index in [-0.39, 0.29) is 23.9 Å². The van der Waals surface area contributed by atoms with Gasteiger partial charge in [-0.1, -0.05) is 18.2 Å². The number of benzene rings is 2. The number of rotatable bonds is 4. The van der Waals surface area contributed by atoms with Gasteiger partial charge in [0, 0.05) is 46.6 Å². The van der Waals surface area contributed by atoms with Crippen LogP contribution in [-0.4, -0.2) is 58.6 Å². The van der Waals surface area contributed by atoms with Crippen LogP contribution in [0.15, 0.2) is 66.0 Å². The number of carboxylic acid groups (broad SMARTS) is 1. The fraction of sp³-hybridized carbons (Fsp3) is 0.200. The van der Waals surface area contributed by atoms with E-state index in [0.717, 1.165) is 29.0 Å². The molecule has 0 fully saturated rings. The molecule has 0 saturated carbocycles. The van der Waals surface area contributed by atoms with Crippen LogP contribution in [0.4, 0.5) is 37.8 Å². The quantitative estimate of drug-likeness (QED) is 0.288. The van der Waals surface area contributed by atoms with E-state index in [1.807, 2.05) is 0 Å². The van der Waals surface area contributed by atoms with E-state index in [1.165, 1.54) is 12.1 Å². The molecule has 216 valence electrons. The number of H-pyrrole nitrogens is 1. The monoisotopic (exact) mass is 583 g/mol. The summed E-state index contributed by atoms with van der Waals surface area (Å²) in [5.41, 5.74) is 3.54. The second-order valence-electron chi connectivity index (χ2n) is 8.63. The van der Waals surface area contributed by atoms with Crippen LogP contribution < -0.4 is 20.7 Å². The Hall–Kier alpha value is -4.86. The first-order valence-electron chi connectivity index (χ1n) is 11.6. The number of fused-ring (bicyclic) bond motifs is 1. The Morgan fingerprint density at radius 3 is 2.34 bits per heavy atom. The highest BCUT2D eigenvalue weighted by Crippen LogP contribution is 2.41. The van der Waals surface area contributed by atoms with Crippen LogP contribution in [0.1, 0.15) is 27.4 Å². The molecule has 1 aromatic heterocycles. The van der Waals surface area contributed by atoms with Crippen LogP contribution in [0.25, 0.3) is 0 Å². The number of amides is 1. The van der Waals surface area contributed by atoms with E-state index in [1.54, 1.807) is 30.5 Å². The largest absolute Gasteiger partial charge is 0.573 e. The molecule has 5 rings (SSSR count). The molecule has 3 heterocycles. The number of carbonyl (C=O) groups excluding carboxylic acids is 2.